The van der Waals surface area contributed by atoms with Gasteiger partial charge in [-0.3, -0.25) is 9.69 Å². The summed E-state index contributed by atoms with van der Waals surface area (Å²) >= 11 is 4.81. The molecule has 7 heteroatoms. The fraction of sp³-hybridized carbons (Fsp3) is 0.389. The van der Waals surface area contributed by atoms with Crippen molar-refractivity contribution in [3.8, 4) is 5.75 Å². The van der Waals surface area contributed by atoms with E-state index in [1.807, 2.05) is 35.7 Å². The number of carbonyl (C=O) groups is 1. The minimum Gasteiger partial charge on any atom is -0.492 e. The van der Waals surface area contributed by atoms with Crippen LogP contribution in [0.5, 0.6) is 5.75 Å². The van der Waals surface area contributed by atoms with Crippen molar-refractivity contribution in [2.24, 2.45) is 0 Å². The largest absolute Gasteiger partial charge is 0.492 e. The first-order valence-corrected chi connectivity index (χ1v) is 9.92. The van der Waals surface area contributed by atoms with Crippen LogP contribution >= 0.6 is 27.3 Å². The topological polar surface area (TPSA) is 50.8 Å². The highest BCUT2D eigenvalue weighted by Gasteiger charge is 2.12. The van der Waals surface area contributed by atoms with Crippen LogP contribution in [0.25, 0.3) is 0 Å². The summed E-state index contributed by atoms with van der Waals surface area (Å²) < 4.78 is 12.0. The molecule has 1 aromatic heterocycles. The number of hydrogen-bond acceptors (Lipinski definition) is 5. The third kappa shape index (κ3) is 5.54. The fourth-order valence-corrected chi connectivity index (χ4v) is 4.05. The summed E-state index contributed by atoms with van der Waals surface area (Å²) in [5.41, 5.74) is 1.02. The van der Waals surface area contributed by atoms with E-state index in [1.165, 1.54) is 11.3 Å². The van der Waals surface area contributed by atoms with Crippen LogP contribution in [0.2, 0.25) is 0 Å². The van der Waals surface area contributed by atoms with Crippen molar-refractivity contribution in [3.63, 3.8) is 0 Å². The van der Waals surface area contributed by atoms with Gasteiger partial charge in [-0.05, 0) is 45.1 Å². The van der Waals surface area contributed by atoms with E-state index in [2.05, 4.69) is 26.1 Å². The molecule has 0 spiro atoms. The van der Waals surface area contributed by atoms with Crippen LogP contribution in [-0.4, -0.2) is 50.3 Å². The third-order valence-corrected chi connectivity index (χ3v) is 5.79. The number of nitrogens with one attached hydrogen (secondary N) is 1. The zero-order valence-corrected chi connectivity index (χ0v) is 16.3. The number of halogens is 1. The summed E-state index contributed by atoms with van der Waals surface area (Å²) in [6.07, 6.45) is 0. The Kier molecular flexibility index (Phi) is 6.86. The molecule has 1 aliphatic heterocycles. The lowest BCUT2D eigenvalue weighted by molar-refractivity contribution is 0.0322. The van der Waals surface area contributed by atoms with Crippen LogP contribution in [0.1, 0.15) is 15.2 Å². The van der Waals surface area contributed by atoms with Crippen molar-refractivity contribution in [3.05, 3.63) is 50.6 Å². The quantitative estimate of drug-likeness (QED) is 0.741. The Morgan fingerprint density at radius 2 is 2.16 bits per heavy atom. The molecule has 25 heavy (non-hydrogen) atoms. The second-order valence-corrected chi connectivity index (χ2v) is 7.50. The van der Waals surface area contributed by atoms with Crippen LogP contribution in [0.15, 0.2) is 40.2 Å². The lowest BCUT2D eigenvalue weighted by Gasteiger charge is -2.26. The van der Waals surface area contributed by atoms with Gasteiger partial charge in [0.05, 0.1) is 13.2 Å². The van der Waals surface area contributed by atoms with E-state index in [9.17, 15) is 4.79 Å². The number of benzene rings is 1. The number of nitrogens with zero attached hydrogens (tertiary/aromatic N) is 1. The lowest BCUT2D eigenvalue weighted by atomic mass is 10.2. The molecular weight excluding hydrogens is 404 g/mol. The molecule has 1 fully saturated rings. The van der Waals surface area contributed by atoms with Gasteiger partial charge in [0.1, 0.15) is 17.2 Å². The molecule has 0 saturated carbocycles. The molecule has 0 aliphatic carbocycles. The number of thiophene rings is 1. The number of morpholine rings is 1. The Balaban J connectivity index is 1.46. The molecule has 1 aliphatic rings. The van der Waals surface area contributed by atoms with Crippen molar-refractivity contribution in [1.82, 2.24) is 10.2 Å². The van der Waals surface area contributed by atoms with E-state index in [0.717, 1.165) is 48.6 Å². The van der Waals surface area contributed by atoms with Gasteiger partial charge in [0.2, 0.25) is 0 Å². The summed E-state index contributed by atoms with van der Waals surface area (Å²) in [7, 11) is 0. The highest BCUT2D eigenvalue weighted by molar-refractivity contribution is 9.10. The summed E-state index contributed by atoms with van der Waals surface area (Å²) in [6.45, 7) is 5.56. The lowest BCUT2D eigenvalue weighted by Crippen LogP contribution is -2.38. The fourth-order valence-electron chi connectivity index (χ4n) is 2.58. The number of hydrogen-bond donors (Lipinski definition) is 1. The van der Waals surface area contributed by atoms with Crippen molar-refractivity contribution in [1.29, 1.82) is 0 Å². The Hall–Kier alpha value is -1.41. The highest BCUT2D eigenvalue weighted by atomic mass is 79.9. The van der Waals surface area contributed by atoms with Gasteiger partial charge in [-0.1, -0.05) is 12.1 Å². The monoisotopic (exact) mass is 424 g/mol. The molecular formula is C18H21BrN2O3S. The maximum atomic E-state index is 12.2. The van der Waals surface area contributed by atoms with Gasteiger partial charge in [-0.2, -0.15) is 0 Å². The molecule has 0 unspecified atom stereocenters. The van der Waals surface area contributed by atoms with Gasteiger partial charge in [-0.15, -0.1) is 11.3 Å². The number of rotatable bonds is 7. The molecule has 1 aromatic carbocycles. The first kappa shape index (κ1) is 18.4. The van der Waals surface area contributed by atoms with Crippen molar-refractivity contribution in [2.45, 2.75) is 6.54 Å². The van der Waals surface area contributed by atoms with Crippen LogP contribution in [0, 0.1) is 0 Å². The van der Waals surface area contributed by atoms with Gasteiger partial charge in [0, 0.05) is 30.7 Å². The molecule has 1 amide bonds. The highest BCUT2D eigenvalue weighted by Crippen LogP contribution is 2.22. The molecule has 0 bridgehead atoms. The van der Waals surface area contributed by atoms with E-state index < -0.39 is 0 Å². The summed E-state index contributed by atoms with van der Waals surface area (Å²) in [6, 6.07) is 9.73. The van der Waals surface area contributed by atoms with E-state index in [1.54, 1.807) is 0 Å². The molecule has 1 N–H and O–H groups in total. The Bertz CT molecular complexity index is 701. The van der Waals surface area contributed by atoms with E-state index in [0.29, 0.717) is 18.0 Å². The maximum absolute atomic E-state index is 12.2. The summed E-state index contributed by atoms with van der Waals surface area (Å²) in [5.74, 6) is 0.762. The van der Waals surface area contributed by atoms with Gasteiger partial charge in [-0.25, -0.2) is 0 Å². The summed E-state index contributed by atoms with van der Waals surface area (Å²) in [5, 5.41) is 4.83. The van der Waals surface area contributed by atoms with Crippen molar-refractivity contribution in [2.75, 3.05) is 39.5 Å². The minimum atomic E-state index is -0.0690. The first-order chi connectivity index (χ1) is 12.2. The van der Waals surface area contributed by atoms with E-state index in [-0.39, 0.29) is 5.91 Å². The van der Waals surface area contributed by atoms with Gasteiger partial charge < -0.3 is 14.8 Å². The first-order valence-electron chi connectivity index (χ1n) is 8.25. The number of amides is 1. The van der Waals surface area contributed by atoms with Gasteiger partial charge >= 0.3 is 0 Å². The van der Waals surface area contributed by atoms with Crippen LogP contribution < -0.4 is 10.1 Å². The Labute approximate surface area is 160 Å². The predicted octanol–water partition coefficient (Wildman–Crippen LogP) is 3.15. The van der Waals surface area contributed by atoms with Crippen LogP contribution in [-0.2, 0) is 11.3 Å². The maximum Gasteiger partial charge on any atom is 0.262 e. The zero-order valence-electron chi connectivity index (χ0n) is 13.9. The average molecular weight is 425 g/mol. The normalized spacial score (nSPS) is 15.1. The molecule has 0 atom stereocenters. The average Bonchev–Trinajstić information content (AvgIpc) is 3.07. The smallest absolute Gasteiger partial charge is 0.262 e. The molecule has 134 valence electrons. The SMILES string of the molecule is O=C(NCc1cccc(OCCN2CCOCC2)c1)c1sccc1Br. The van der Waals surface area contributed by atoms with E-state index in [4.69, 9.17) is 9.47 Å². The van der Waals surface area contributed by atoms with Crippen molar-refractivity contribution < 1.29 is 14.3 Å². The third-order valence-electron chi connectivity index (χ3n) is 3.95. The van der Waals surface area contributed by atoms with Crippen LogP contribution in [0.4, 0.5) is 0 Å². The predicted molar refractivity (Wildman–Crippen MR) is 102 cm³/mol. The molecule has 3 rings (SSSR count). The zero-order chi connectivity index (χ0) is 17.5. The molecule has 1 saturated heterocycles. The van der Waals surface area contributed by atoms with Crippen molar-refractivity contribution >= 4 is 33.2 Å². The van der Waals surface area contributed by atoms with Gasteiger partial charge in [0.25, 0.3) is 5.91 Å². The molecule has 5 nitrogen and oxygen atoms in total. The number of carbonyl (C=O) groups excluding carboxylic acids is 1. The molecule has 2 heterocycles. The Morgan fingerprint density at radius 3 is 2.92 bits per heavy atom. The number of ether oxygens (including phenoxy) is 2. The Morgan fingerprint density at radius 1 is 1.32 bits per heavy atom. The standard InChI is InChI=1S/C18H21BrN2O3S/c19-16-4-11-25-17(16)18(22)20-13-14-2-1-3-15(12-14)24-10-7-21-5-8-23-9-6-21/h1-4,11-12H,5-10,13H2,(H,20,22). The van der Waals surface area contributed by atoms with Gasteiger partial charge in [0.15, 0.2) is 0 Å². The van der Waals surface area contributed by atoms with Crippen LogP contribution in [0.3, 0.4) is 0 Å². The summed E-state index contributed by atoms with van der Waals surface area (Å²) in [4.78, 5) is 15.2. The molecule has 2 aromatic rings. The van der Waals surface area contributed by atoms with E-state index >= 15 is 0 Å². The second-order valence-electron chi connectivity index (χ2n) is 5.73. The second kappa shape index (κ2) is 9.33. The minimum absolute atomic E-state index is 0.0690. The molecule has 0 radical (unpaired) electrons.